The van der Waals surface area contributed by atoms with Gasteiger partial charge in [-0.05, 0) is 63.7 Å². The number of carboxylic acids is 1. The van der Waals surface area contributed by atoms with E-state index < -0.39 is 5.97 Å². The SMILES string of the molecule is CC(O)CCCC/C=C\[C@H]1CCC(O)[C@@H]1CCCCCCC(=O)O. The average Bonchev–Trinajstić information content (AvgIpc) is 2.86. The van der Waals surface area contributed by atoms with Crippen LogP contribution in [0.2, 0.25) is 0 Å². The molecule has 24 heavy (non-hydrogen) atoms. The average molecular weight is 341 g/mol. The lowest BCUT2D eigenvalue weighted by Gasteiger charge is -2.19. The number of aliphatic carboxylic acids is 1. The number of aliphatic hydroxyl groups excluding tert-OH is 2. The maximum atomic E-state index is 10.5. The zero-order valence-corrected chi connectivity index (χ0v) is 15.2. The lowest BCUT2D eigenvalue weighted by atomic mass is 9.88. The molecule has 0 bridgehead atoms. The molecule has 4 atom stereocenters. The normalized spacial score (nSPS) is 25.4. The molecule has 0 spiro atoms. The van der Waals surface area contributed by atoms with Gasteiger partial charge in [-0.3, -0.25) is 4.79 Å². The molecule has 0 aromatic rings. The molecule has 1 rings (SSSR count). The number of unbranched alkanes of at least 4 members (excludes halogenated alkanes) is 5. The summed E-state index contributed by atoms with van der Waals surface area (Å²) in [5, 5.41) is 28.1. The highest BCUT2D eigenvalue weighted by molar-refractivity contribution is 5.66. The standard InChI is InChI=1S/C20H36O4/c1-16(21)10-6-2-3-7-11-17-14-15-19(22)18(17)12-8-4-5-9-13-20(23)24/h7,11,16-19,21-22H,2-6,8-10,12-15H2,1H3,(H,23,24)/b11-7-/t16?,17-,18+,19?/m0/s1. The van der Waals surface area contributed by atoms with Crippen LogP contribution in [0.15, 0.2) is 12.2 Å². The number of hydrogen-bond acceptors (Lipinski definition) is 3. The number of allylic oxidation sites excluding steroid dienone is 2. The van der Waals surface area contributed by atoms with Crippen molar-refractivity contribution in [2.45, 2.75) is 96.2 Å². The molecular weight excluding hydrogens is 304 g/mol. The van der Waals surface area contributed by atoms with E-state index in [0.717, 1.165) is 70.6 Å². The van der Waals surface area contributed by atoms with Gasteiger partial charge in [-0.25, -0.2) is 0 Å². The molecule has 2 unspecified atom stereocenters. The molecule has 140 valence electrons. The lowest BCUT2D eigenvalue weighted by molar-refractivity contribution is -0.137. The number of hydrogen-bond donors (Lipinski definition) is 3. The Balaban J connectivity index is 2.18. The van der Waals surface area contributed by atoms with E-state index in [0.29, 0.717) is 11.8 Å². The van der Waals surface area contributed by atoms with Crippen molar-refractivity contribution in [2.75, 3.05) is 0 Å². The smallest absolute Gasteiger partial charge is 0.303 e. The molecule has 0 heterocycles. The van der Waals surface area contributed by atoms with Crippen LogP contribution in [-0.4, -0.2) is 33.5 Å². The summed E-state index contributed by atoms with van der Waals surface area (Å²) < 4.78 is 0. The van der Waals surface area contributed by atoms with E-state index in [1.165, 1.54) is 0 Å². The van der Waals surface area contributed by atoms with Gasteiger partial charge in [0.25, 0.3) is 0 Å². The second kappa shape index (κ2) is 12.5. The molecule has 0 aromatic carbocycles. The highest BCUT2D eigenvalue weighted by Gasteiger charge is 2.32. The number of aliphatic hydroxyl groups is 2. The highest BCUT2D eigenvalue weighted by Crippen LogP contribution is 2.36. The van der Waals surface area contributed by atoms with Crippen LogP contribution >= 0.6 is 0 Å². The molecule has 4 heteroatoms. The fourth-order valence-corrected chi connectivity index (χ4v) is 3.70. The first-order valence-electron chi connectivity index (χ1n) is 9.75. The van der Waals surface area contributed by atoms with Gasteiger partial charge < -0.3 is 15.3 Å². The van der Waals surface area contributed by atoms with Crippen LogP contribution in [0.5, 0.6) is 0 Å². The van der Waals surface area contributed by atoms with E-state index in [9.17, 15) is 15.0 Å². The van der Waals surface area contributed by atoms with Crippen LogP contribution < -0.4 is 0 Å². The number of carbonyl (C=O) groups is 1. The van der Waals surface area contributed by atoms with E-state index >= 15 is 0 Å². The molecule has 1 aliphatic rings. The van der Waals surface area contributed by atoms with Gasteiger partial charge in [-0.2, -0.15) is 0 Å². The largest absolute Gasteiger partial charge is 0.481 e. The molecule has 1 fully saturated rings. The Labute approximate surface area is 147 Å². The fraction of sp³-hybridized carbons (Fsp3) is 0.850. The summed E-state index contributed by atoms with van der Waals surface area (Å²) in [5.41, 5.74) is 0. The van der Waals surface area contributed by atoms with Crippen molar-refractivity contribution in [3.05, 3.63) is 12.2 Å². The molecule has 0 radical (unpaired) electrons. The molecule has 3 N–H and O–H groups in total. The minimum atomic E-state index is -0.708. The predicted molar refractivity (Wildman–Crippen MR) is 96.8 cm³/mol. The van der Waals surface area contributed by atoms with E-state index in [1.54, 1.807) is 0 Å². The molecule has 0 aliphatic heterocycles. The zero-order valence-electron chi connectivity index (χ0n) is 15.2. The lowest BCUT2D eigenvalue weighted by Crippen LogP contribution is -2.18. The summed E-state index contributed by atoms with van der Waals surface area (Å²) in [4.78, 5) is 10.5. The Hall–Kier alpha value is -0.870. The third-order valence-electron chi connectivity index (χ3n) is 5.14. The molecule has 1 aliphatic carbocycles. The second-order valence-corrected chi connectivity index (χ2v) is 7.38. The first-order chi connectivity index (χ1) is 11.5. The van der Waals surface area contributed by atoms with E-state index in [-0.39, 0.29) is 18.6 Å². The maximum absolute atomic E-state index is 10.5. The van der Waals surface area contributed by atoms with E-state index in [1.807, 2.05) is 6.92 Å². The van der Waals surface area contributed by atoms with Crippen molar-refractivity contribution in [3.63, 3.8) is 0 Å². The molecule has 4 nitrogen and oxygen atoms in total. The van der Waals surface area contributed by atoms with Gasteiger partial charge in [-0.1, -0.05) is 37.8 Å². The Kier molecular flexibility index (Phi) is 11.0. The first-order valence-corrected chi connectivity index (χ1v) is 9.75. The summed E-state index contributed by atoms with van der Waals surface area (Å²) in [6, 6.07) is 0. The van der Waals surface area contributed by atoms with Gasteiger partial charge in [0.15, 0.2) is 0 Å². The maximum Gasteiger partial charge on any atom is 0.303 e. The van der Waals surface area contributed by atoms with Crippen LogP contribution in [0, 0.1) is 11.8 Å². The fourth-order valence-electron chi connectivity index (χ4n) is 3.70. The number of carboxylic acid groups (broad SMARTS) is 1. The van der Waals surface area contributed by atoms with Gasteiger partial charge in [0, 0.05) is 6.42 Å². The third kappa shape index (κ3) is 9.43. The Morgan fingerprint density at radius 3 is 2.58 bits per heavy atom. The third-order valence-corrected chi connectivity index (χ3v) is 5.14. The second-order valence-electron chi connectivity index (χ2n) is 7.38. The van der Waals surface area contributed by atoms with E-state index in [2.05, 4.69) is 12.2 Å². The summed E-state index contributed by atoms with van der Waals surface area (Å²) in [6.07, 6.45) is 15.5. The van der Waals surface area contributed by atoms with Gasteiger partial charge in [0.1, 0.15) is 0 Å². The van der Waals surface area contributed by atoms with Crippen molar-refractivity contribution in [3.8, 4) is 0 Å². The summed E-state index contributed by atoms with van der Waals surface area (Å²) in [5.74, 6) is 0.161. The van der Waals surface area contributed by atoms with Crippen LogP contribution in [0.25, 0.3) is 0 Å². The Bertz CT molecular complexity index is 365. The molecule has 0 saturated heterocycles. The minimum Gasteiger partial charge on any atom is -0.481 e. The molecule has 1 saturated carbocycles. The van der Waals surface area contributed by atoms with Crippen LogP contribution in [0.1, 0.15) is 84.0 Å². The van der Waals surface area contributed by atoms with Crippen LogP contribution in [-0.2, 0) is 4.79 Å². The van der Waals surface area contributed by atoms with Gasteiger partial charge in [0.05, 0.1) is 12.2 Å². The predicted octanol–water partition coefficient (Wildman–Crippen LogP) is 4.30. The Morgan fingerprint density at radius 2 is 1.88 bits per heavy atom. The summed E-state index contributed by atoms with van der Waals surface area (Å²) in [7, 11) is 0. The summed E-state index contributed by atoms with van der Waals surface area (Å²) >= 11 is 0. The first kappa shape index (κ1) is 21.2. The number of rotatable bonds is 13. The van der Waals surface area contributed by atoms with Gasteiger partial charge in [-0.15, -0.1) is 0 Å². The summed E-state index contributed by atoms with van der Waals surface area (Å²) in [6.45, 7) is 1.84. The van der Waals surface area contributed by atoms with Crippen LogP contribution in [0.4, 0.5) is 0 Å². The topological polar surface area (TPSA) is 77.8 Å². The quantitative estimate of drug-likeness (QED) is 0.345. The minimum absolute atomic E-state index is 0.172. The van der Waals surface area contributed by atoms with Crippen molar-refractivity contribution >= 4 is 5.97 Å². The van der Waals surface area contributed by atoms with Gasteiger partial charge in [0.2, 0.25) is 0 Å². The zero-order chi connectivity index (χ0) is 17.8. The molecule has 0 aromatic heterocycles. The van der Waals surface area contributed by atoms with Gasteiger partial charge >= 0.3 is 5.97 Å². The van der Waals surface area contributed by atoms with Crippen molar-refractivity contribution in [1.82, 2.24) is 0 Å². The van der Waals surface area contributed by atoms with Crippen LogP contribution in [0.3, 0.4) is 0 Å². The highest BCUT2D eigenvalue weighted by atomic mass is 16.4. The Morgan fingerprint density at radius 1 is 1.12 bits per heavy atom. The van der Waals surface area contributed by atoms with E-state index in [4.69, 9.17) is 5.11 Å². The van der Waals surface area contributed by atoms with Crippen molar-refractivity contribution in [1.29, 1.82) is 0 Å². The van der Waals surface area contributed by atoms with Crippen molar-refractivity contribution in [2.24, 2.45) is 11.8 Å². The molecule has 0 amide bonds. The molecular formula is C20H36O4. The van der Waals surface area contributed by atoms with Crippen molar-refractivity contribution < 1.29 is 20.1 Å². The monoisotopic (exact) mass is 340 g/mol.